The van der Waals surface area contributed by atoms with E-state index in [0.29, 0.717) is 22.1 Å². The Labute approximate surface area is 193 Å². The van der Waals surface area contributed by atoms with E-state index in [1.54, 1.807) is 24.3 Å². The zero-order valence-corrected chi connectivity index (χ0v) is 17.9. The van der Waals surface area contributed by atoms with Crippen molar-refractivity contribution in [2.75, 3.05) is 0 Å². The van der Waals surface area contributed by atoms with Crippen molar-refractivity contribution in [3.63, 3.8) is 0 Å². The lowest BCUT2D eigenvalue weighted by atomic mass is 10.0. The highest BCUT2D eigenvalue weighted by atomic mass is 35.5. The molecular formula is C25H16ClN5O2. The van der Waals surface area contributed by atoms with Crippen molar-refractivity contribution in [1.29, 1.82) is 0 Å². The smallest absolute Gasteiger partial charge is 0.266 e. The summed E-state index contributed by atoms with van der Waals surface area (Å²) in [5, 5.41) is 11.7. The molecular weight excluding hydrogens is 438 g/mol. The van der Waals surface area contributed by atoms with Crippen LogP contribution in [0.4, 0.5) is 0 Å². The number of hydrogen-bond acceptors (Lipinski definition) is 5. The number of nitrogens with zero attached hydrogens (tertiary/aromatic N) is 4. The van der Waals surface area contributed by atoms with Gasteiger partial charge in [0.15, 0.2) is 0 Å². The van der Waals surface area contributed by atoms with Gasteiger partial charge in [0, 0.05) is 21.7 Å². The first-order valence-corrected chi connectivity index (χ1v) is 10.5. The molecule has 0 bridgehead atoms. The number of halogens is 1. The van der Waals surface area contributed by atoms with Crippen LogP contribution in [0, 0.1) is 0 Å². The molecule has 0 aliphatic rings. The van der Waals surface area contributed by atoms with Crippen LogP contribution in [0.2, 0.25) is 5.02 Å². The summed E-state index contributed by atoms with van der Waals surface area (Å²) in [5.41, 5.74) is 2.40. The summed E-state index contributed by atoms with van der Waals surface area (Å²) in [6.07, 6.45) is 0. The average Bonchev–Trinajstić information content (AvgIpc) is 2.86. The van der Waals surface area contributed by atoms with Gasteiger partial charge in [-0.2, -0.15) is 19.9 Å². The maximum atomic E-state index is 13.0. The molecule has 0 saturated heterocycles. The Bertz CT molecular complexity index is 1550. The molecule has 2 aromatic heterocycles. The Kier molecular flexibility index (Phi) is 5.38. The van der Waals surface area contributed by atoms with Crippen LogP contribution in [0.3, 0.4) is 0 Å². The normalized spacial score (nSPS) is 10.8. The third kappa shape index (κ3) is 4.09. The molecule has 7 nitrogen and oxygen atoms in total. The zero-order valence-electron chi connectivity index (χ0n) is 17.1. The molecule has 0 radical (unpaired) electrons. The Hall–Kier alpha value is -4.36. The number of H-pyrrole nitrogens is 1. The van der Waals surface area contributed by atoms with Crippen LogP contribution in [0.25, 0.3) is 39.5 Å². The van der Waals surface area contributed by atoms with Crippen molar-refractivity contribution in [1.82, 2.24) is 25.0 Å². The molecule has 2 heterocycles. The van der Waals surface area contributed by atoms with Crippen LogP contribution in [-0.2, 0) is 0 Å². The van der Waals surface area contributed by atoms with Gasteiger partial charge in [-0.1, -0.05) is 84.4 Å². The summed E-state index contributed by atoms with van der Waals surface area (Å²) in [4.78, 5) is 30.0. The molecule has 0 atom stereocenters. The van der Waals surface area contributed by atoms with Crippen molar-refractivity contribution in [3.8, 4) is 39.5 Å². The average molecular weight is 454 g/mol. The van der Waals surface area contributed by atoms with Crippen molar-refractivity contribution in [2.45, 2.75) is 0 Å². The number of aromatic amines is 1. The fourth-order valence-electron chi connectivity index (χ4n) is 3.45. The van der Waals surface area contributed by atoms with E-state index in [2.05, 4.69) is 20.3 Å². The number of hydrogen-bond donors (Lipinski definition) is 1. The lowest BCUT2D eigenvalue weighted by Gasteiger charge is -2.12. The molecule has 8 heteroatoms. The summed E-state index contributed by atoms with van der Waals surface area (Å²) in [6, 6.07) is 27.2. The van der Waals surface area contributed by atoms with Crippen molar-refractivity contribution in [3.05, 3.63) is 117 Å². The van der Waals surface area contributed by atoms with E-state index in [1.807, 2.05) is 60.7 Å². The Morgan fingerprint density at radius 2 is 1.33 bits per heavy atom. The van der Waals surface area contributed by atoms with Gasteiger partial charge < -0.3 is 0 Å². The van der Waals surface area contributed by atoms with E-state index in [1.165, 1.54) is 6.07 Å². The van der Waals surface area contributed by atoms with E-state index in [9.17, 15) is 9.59 Å². The Balaban J connectivity index is 1.73. The van der Waals surface area contributed by atoms with Crippen LogP contribution >= 0.6 is 11.6 Å². The molecule has 5 aromatic rings. The molecule has 0 amide bonds. The van der Waals surface area contributed by atoms with Crippen LogP contribution in [0.1, 0.15) is 0 Å². The minimum absolute atomic E-state index is 0.0178. The molecule has 5 rings (SSSR count). The zero-order chi connectivity index (χ0) is 22.8. The summed E-state index contributed by atoms with van der Waals surface area (Å²) < 4.78 is 1.01. The van der Waals surface area contributed by atoms with Crippen molar-refractivity contribution in [2.24, 2.45) is 0 Å². The molecule has 33 heavy (non-hydrogen) atoms. The summed E-state index contributed by atoms with van der Waals surface area (Å²) in [7, 11) is 0. The molecule has 1 N–H and O–H groups in total. The third-order valence-corrected chi connectivity index (χ3v) is 5.31. The lowest BCUT2D eigenvalue weighted by molar-refractivity contribution is 0.754. The van der Waals surface area contributed by atoms with Gasteiger partial charge in [0.05, 0.1) is 5.69 Å². The first-order valence-electron chi connectivity index (χ1n) is 10.1. The highest BCUT2D eigenvalue weighted by Gasteiger charge is 2.17. The van der Waals surface area contributed by atoms with E-state index in [-0.39, 0.29) is 5.69 Å². The monoisotopic (exact) mass is 453 g/mol. The molecule has 0 fully saturated rings. The minimum Gasteiger partial charge on any atom is -0.266 e. The van der Waals surface area contributed by atoms with Crippen LogP contribution < -0.4 is 11.2 Å². The predicted molar refractivity (Wildman–Crippen MR) is 127 cm³/mol. The second-order valence-electron chi connectivity index (χ2n) is 7.21. The quantitative estimate of drug-likeness (QED) is 0.436. The molecule has 0 aliphatic heterocycles. The van der Waals surface area contributed by atoms with E-state index < -0.39 is 11.2 Å². The maximum Gasteiger partial charge on any atom is 0.369 e. The molecule has 0 aliphatic carbocycles. The van der Waals surface area contributed by atoms with E-state index in [4.69, 9.17) is 11.6 Å². The number of benzene rings is 3. The standard InChI is InChI=1S/C25H16ClN5O2/c26-19-13-11-16(12-14-19)20-15-21(24(32)29-28-20)31-25(33)27-22(17-7-3-1-4-8-17)23(30-31)18-9-5-2-6-10-18/h1-15H,(H,29,32). The van der Waals surface area contributed by atoms with Crippen molar-refractivity contribution < 1.29 is 0 Å². The highest BCUT2D eigenvalue weighted by molar-refractivity contribution is 6.30. The second kappa shape index (κ2) is 8.64. The molecule has 0 saturated carbocycles. The SMILES string of the molecule is O=c1[nH]nc(-c2ccc(Cl)cc2)cc1-n1nc(-c2ccccc2)c(-c2ccccc2)nc1=O. The van der Waals surface area contributed by atoms with E-state index >= 15 is 0 Å². The van der Waals surface area contributed by atoms with Gasteiger partial charge in [0.1, 0.15) is 17.1 Å². The topological polar surface area (TPSA) is 93.5 Å². The van der Waals surface area contributed by atoms with Crippen molar-refractivity contribution >= 4 is 11.6 Å². The van der Waals surface area contributed by atoms with Gasteiger partial charge in [-0.3, -0.25) is 4.79 Å². The largest absolute Gasteiger partial charge is 0.369 e. The number of nitrogens with one attached hydrogen (secondary N) is 1. The summed E-state index contributed by atoms with van der Waals surface area (Å²) in [6.45, 7) is 0. The third-order valence-electron chi connectivity index (χ3n) is 5.06. The number of aromatic nitrogens is 5. The first-order chi connectivity index (χ1) is 16.1. The fraction of sp³-hybridized carbons (Fsp3) is 0. The van der Waals surface area contributed by atoms with Gasteiger partial charge in [-0.15, -0.1) is 0 Å². The van der Waals surface area contributed by atoms with Crippen LogP contribution in [-0.4, -0.2) is 25.0 Å². The van der Waals surface area contributed by atoms with Gasteiger partial charge in [-0.25, -0.2) is 9.89 Å². The molecule has 0 unspecified atom stereocenters. The molecule has 3 aromatic carbocycles. The first kappa shape index (κ1) is 20.5. The predicted octanol–water partition coefficient (Wildman–Crippen LogP) is 4.37. The lowest BCUT2D eigenvalue weighted by Crippen LogP contribution is -2.30. The molecule has 160 valence electrons. The molecule has 0 spiro atoms. The summed E-state index contributed by atoms with van der Waals surface area (Å²) >= 11 is 5.97. The van der Waals surface area contributed by atoms with Gasteiger partial charge in [0.2, 0.25) is 0 Å². The maximum absolute atomic E-state index is 13.0. The summed E-state index contributed by atoms with van der Waals surface area (Å²) in [5.74, 6) is 0. The fourth-order valence-corrected chi connectivity index (χ4v) is 3.58. The van der Waals surface area contributed by atoms with Crippen LogP contribution in [0.15, 0.2) is 101 Å². The van der Waals surface area contributed by atoms with Gasteiger partial charge in [0.25, 0.3) is 5.56 Å². The number of rotatable bonds is 4. The van der Waals surface area contributed by atoms with Gasteiger partial charge >= 0.3 is 5.69 Å². The highest BCUT2D eigenvalue weighted by Crippen LogP contribution is 2.27. The van der Waals surface area contributed by atoms with E-state index in [0.717, 1.165) is 21.4 Å². The second-order valence-corrected chi connectivity index (χ2v) is 7.65. The minimum atomic E-state index is -0.674. The van der Waals surface area contributed by atoms with Crippen LogP contribution in [0.5, 0.6) is 0 Å². The Morgan fingerprint density at radius 3 is 1.97 bits per heavy atom. The Morgan fingerprint density at radius 1 is 0.727 bits per heavy atom. The van der Waals surface area contributed by atoms with Gasteiger partial charge in [-0.05, 0) is 18.2 Å².